The second kappa shape index (κ2) is 11.9. The summed E-state index contributed by atoms with van der Waals surface area (Å²) in [6.07, 6.45) is 0. The van der Waals surface area contributed by atoms with Gasteiger partial charge in [-0.2, -0.15) is 0 Å². The standard InChI is InChI=1S/C49H31N3S/c1-2-12-32(13-3-1)33-24-27-36(28-25-33)52-46-22-8-6-20-43(46)50-49(52)35-14-10-15-37(30-35)51-44-21-7-4-16-39(44)42-31-34(26-29-45(42)51)38-18-11-19-41-40-17-5-9-23-47(40)53-48(38)41/h1-31H. The molecule has 3 heterocycles. The number of aromatic nitrogens is 3. The van der Waals surface area contributed by atoms with Crippen molar-refractivity contribution >= 4 is 64.3 Å². The van der Waals surface area contributed by atoms with Crippen molar-refractivity contribution in [3.8, 4) is 45.0 Å². The van der Waals surface area contributed by atoms with E-state index in [9.17, 15) is 0 Å². The maximum atomic E-state index is 5.23. The molecule has 11 aromatic rings. The molecule has 0 bridgehead atoms. The van der Waals surface area contributed by atoms with Gasteiger partial charge in [0, 0.05) is 47.9 Å². The molecular weight excluding hydrogens is 663 g/mol. The zero-order valence-electron chi connectivity index (χ0n) is 28.6. The molecule has 0 saturated heterocycles. The van der Waals surface area contributed by atoms with Gasteiger partial charge in [0.1, 0.15) is 5.82 Å². The van der Waals surface area contributed by atoms with Crippen LogP contribution in [0.1, 0.15) is 0 Å². The van der Waals surface area contributed by atoms with Crippen LogP contribution in [0.5, 0.6) is 0 Å². The summed E-state index contributed by atoms with van der Waals surface area (Å²) in [4.78, 5) is 5.23. The van der Waals surface area contributed by atoms with E-state index in [4.69, 9.17) is 4.98 Å². The molecule has 0 saturated carbocycles. The maximum absolute atomic E-state index is 5.23. The Bertz CT molecular complexity index is 3160. The maximum Gasteiger partial charge on any atom is 0.145 e. The monoisotopic (exact) mass is 693 g/mol. The third-order valence-corrected chi connectivity index (χ3v) is 11.8. The van der Waals surface area contributed by atoms with Gasteiger partial charge in [0.05, 0.1) is 22.1 Å². The number of imidazole rings is 1. The Kier molecular flexibility index (Phi) is 6.73. The summed E-state index contributed by atoms with van der Waals surface area (Å²) < 4.78 is 7.35. The predicted molar refractivity (Wildman–Crippen MR) is 225 cm³/mol. The molecule has 4 heteroatoms. The van der Waals surface area contributed by atoms with Crippen LogP contribution < -0.4 is 0 Å². The van der Waals surface area contributed by atoms with E-state index >= 15 is 0 Å². The Labute approximate surface area is 310 Å². The molecule has 0 unspecified atom stereocenters. The zero-order valence-corrected chi connectivity index (χ0v) is 29.5. The summed E-state index contributed by atoms with van der Waals surface area (Å²) in [6.45, 7) is 0. The van der Waals surface area contributed by atoms with Crippen LogP contribution in [0.2, 0.25) is 0 Å². The first-order valence-electron chi connectivity index (χ1n) is 18.0. The van der Waals surface area contributed by atoms with Gasteiger partial charge in [-0.15, -0.1) is 11.3 Å². The van der Waals surface area contributed by atoms with Gasteiger partial charge in [-0.3, -0.25) is 4.57 Å². The second-order valence-electron chi connectivity index (χ2n) is 13.6. The quantitative estimate of drug-likeness (QED) is 0.176. The molecule has 0 radical (unpaired) electrons. The Balaban J connectivity index is 1.06. The molecule has 8 aromatic carbocycles. The number of thiophene rings is 1. The summed E-state index contributed by atoms with van der Waals surface area (Å²) in [6, 6.07) is 67.8. The smallest absolute Gasteiger partial charge is 0.145 e. The highest BCUT2D eigenvalue weighted by Crippen LogP contribution is 2.42. The average Bonchev–Trinajstić information content (AvgIpc) is 3.91. The first-order valence-corrected chi connectivity index (χ1v) is 18.8. The van der Waals surface area contributed by atoms with E-state index in [1.165, 1.54) is 64.2 Å². The minimum atomic E-state index is 0.917. The van der Waals surface area contributed by atoms with Crippen molar-refractivity contribution in [1.29, 1.82) is 0 Å². The lowest BCUT2D eigenvalue weighted by Crippen LogP contribution is -1.99. The van der Waals surface area contributed by atoms with Gasteiger partial charge in [0.25, 0.3) is 0 Å². The Morgan fingerprint density at radius 2 is 1.04 bits per heavy atom. The highest BCUT2D eigenvalue weighted by Gasteiger charge is 2.18. The fourth-order valence-electron chi connectivity index (χ4n) is 8.09. The molecule has 0 spiro atoms. The minimum absolute atomic E-state index is 0.917. The zero-order chi connectivity index (χ0) is 34.9. The summed E-state index contributed by atoms with van der Waals surface area (Å²) >= 11 is 1.88. The van der Waals surface area contributed by atoms with Crippen molar-refractivity contribution in [2.45, 2.75) is 0 Å². The molecule has 53 heavy (non-hydrogen) atoms. The van der Waals surface area contributed by atoms with E-state index < -0.39 is 0 Å². The SMILES string of the molecule is c1ccc(-c2ccc(-n3c(-c4cccc(-n5c6ccccc6c6cc(-c7cccc8c7sc7ccccc78)ccc65)c4)nc4ccccc43)cc2)cc1. The molecule has 11 rings (SSSR count). The minimum Gasteiger partial charge on any atom is -0.309 e. The fraction of sp³-hybridized carbons (Fsp3) is 0. The molecule has 3 nitrogen and oxygen atoms in total. The molecule has 0 aliphatic rings. The molecule has 248 valence electrons. The van der Waals surface area contributed by atoms with E-state index in [1.807, 2.05) is 11.3 Å². The van der Waals surface area contributed by atoms with Gasteiger partial charge in [-0.25, -0.2) is 4.98 Å². The Hall–Kier alpha value is -6.75. The van der Waals surface area contributed by atoms with Crippen LogP contribution in [0.25, 0.3) is 98.0 Å². The molecule has 0 aliphatic carbocycles. The summed E-state index contributed by atoms with van der Waals surface area (Å²) in [5.74, 6) is 0.917. The van der Waals surface area contributed by atoms with Crippen molar-refractivity contribution in [1.82, 2.24) is 14.1 Å². The number of hydrogen-bond donors (Lipinski definition) is 0. The summed E-state index contributed by atoms with van der Waals surface area (Å²) in [5, 5.41) is 5.13. The van der Waals surface area contributed by atoms with Crippen LogP contribution in [0.3, 0.4) is 0 Å². The van der Waals surface area contributed by atoms with Gasteiger partial charge in [-0.1, -0.05) is 127 Å². The molecular formula is C49H31N3S. The first kappa shape index (κ1) is 29.9. The van der Waals surface area contributed by atoms with Gasteiger partial charge in [0.15, 0.2) is 0 Å². The first-order chi connectivity index (χ1) is 26.3. The number of nitrogens with zero attached hydrogens (tertiary/aromatic N) is 3. The van der Waals surface area contributed by atoms with Crippen molar-refractivity contribution in [3.05, 3.63) is 188 Å². The third-order valence-electron chi connectivity index (χ3n) is 10.5. The summed E-state index contributed by atoms with van der Waals surface area (Å²) in [5.41, 5.74) is 12.6. The topological polar surface area (TPSA) is 22.8 Å². The Morgan fingerprint density at radius 3 is 1.92 bits per heavy atom. The number of fused-ring (bicyclic) bond motifs is 7. The Morgan fingerprint density at radius 1 is 0.377 bits per heavy atom. The van der Waals surface area contributed by atoms with Gasteiger partial charge >= 0.3 is 0 Å². The molecule has 0 amide bonds. The lowest BCUT2D eigenvalue weighted by atomic mass is 10.0. The third kappa shape index (κ3) is 4.77. The highest BCUT2D eigenvalue weighted by atomic mass is 32.1. The molecule has 3 aromatic heterocycles. The molecule has 0 N–H and O–H groups in total. The normalized spacial score (nSPS) is 11.8. The number of para-hydroxylation sites is 3. The fourth-order valence-corrected chi connectivity index (χ4v) is 9.33. The molecule has 0 atom stereocenters. The van der Waals surface area contributed by atoms with E-state index in [0.717, 1.165) is 33.8 Å². The summed E-state index contributed by atoms with van der Waals surface area (Å²) in [7, 11) is 0. The van der Waals surface area contributed by atoms with Crippen LogP contribution in [0, 0.1) is 0 Å². The van der Waals surface area contributed by atoms with E-state index in [1.54, 1.807) is 0 Å². The molecule has 0 fully saturated rings. The van der Waals surface area contributed by atoms with Crippen molar-refractivity contribution in [3.63, 3.8) is 0 Å². The number of hydrogen-bond acceptors (Lipinski definition) is 2. The lowest BCUT2D eigenvalue weighted by Gasteiger charge is -2.13. The van der Waals surface area contributed by atoms with Crippen LogP contribution >= 0.6 is 11.3 Å². The van der Waals surface area contributed by atoms with Crippen LogP contribution in [0.15, 0.2) is 188 Å². The predicted octanol–water partition coefficient (Wildman–Crippen LogP) is 13.5. The van der Waals surface area contributed by atoms with Gasteiger partial charge in [0.2, 0.25) is 0 Å². The van der Waals surface area contributed by atoms with E-state index in [0.29, 0.717) is 0 Å². The van der Waals surface area contributed by atoms with Crippen LogP contribution in [0.4, 0.5) is 0 Å². The number of benzene rings is 8. The highest BCUT2D eigenvalue weighted by molar-refractivity contribution is 7.26. The van der Waals surface area contributed by atoms with Gasteiger partial charge < -0.3 is 4.57 Å². The van der Waals surface area contributed by atoms with E-state index in [-0.39, 0.29) is 0 Å². The van der Waals surface area contributed by atoms with E-state index in [2.05, 4.69) is 197 Å². The van der Waals surface area contributed by atoms with Gasteiger partial charge in [-0.05, 0) is 82.9 Å². The van der Waals surface area contributed by atoms with Crippen LogP contribution in [-0.2, 0) is 0 Å². The second-order valence-corrected chi connectivity index (χ2v) is 14.6. The van der Waals surface area contributed by atoms with Crippen molar-refractivity contribution < 1.29 is 0 Å². The number of rotatable bonds is 5. The van der Waals surface area contributed by atoms with Crippen LogP contribution in [-0.4, -0.2) is 14.1 Å². The average molecular weight is 694 g/mol. The van der Waals surface area contributed by atoms with Crippen molar-refractivity contribution in [2.24, 2.45) is 0 Å². The lowest BCUT2D eigenvalue weighted by molar-refractivity contribution is 1.10. The largest absolute Gasteiger partial charge is 0.309 e. The molecule has 0 aliphatic heterocycles. The van der Waals surface area contributed by atoms with Crippen molar-refractivity contribution in [2.75, 3.05) is 0 Å².